The zero-order valence-electron chi connectivity index (χ0n) is 13.4. The van der Waals surface area contributed by atoms with Gasteiger partial charge >= 0.3 is 0 Å². The van der Waals surface area contributed by atoms with E-state index >= 15 is 0 Å². The minimum absolute atomic E-state index is 0.419. The Bertz CT molecular complexity index is 416. The van der Waals surface area contributed by atoms with E-state index in [-0.39, 0.29) is 0 Å². The van der Waals surface area contributed by atoms with Gasteiger partial charge in [-0.25, -0.2) is 0 Å². The van der Waals surface area contributed by atoms with Gasteiger partial charge in [-0.3, -0.25) is 0 Å². The number of hydrogen-bond donors (Lipinski definition) is 0. The zero-order chi connectivity index (χ0) is 14.5. The molecule has 1 aromatic rings. The molecule has 21 heavy (non-hydrogen) atoms. The lowest BCUT2D eigenvalue weighted by Gasteiger charge is -2.41. The van der Waals surface area contributed by atoms with Gasteiger partial charge in [-0.1, -0.05) is 31.9 Å². The molecule has 1 heterocycles. The maximum Gasteiger partial charge on any atom is 0.119 e. The average Bonchev–Trinajstić information content (AvgIpc) is 2.47. The van der Waals surface area contributed by atoms with Crippen molar-refractivity contribution in [2.75, 3.05) is 13.1 Å². The second-order valence-corrected chi connectivity index (χ2v) is 6.69. The van der Waals surface area contributed by atoms with Crippen LogP contribution in [0, 0.1) is 0 Å². The summed E-state index contributed by atoms with van der Waals surface area (Å²) >= 11 is 0. The molecule has 1 aliphatic carbocycles. The minimum atomic E-state index is 0.419. The molecule has 3 rings (SSSR count). The second-order valence-electron chi connectivity index (χ2n) is 6.69. The Morgan fingerprint density at radius 2 is 1.76 bits per heavy atom. The third-order valence-electron chi connectivity index (χ3n) is 5.11. The van der Waals surface area contributed by atoms with Crippen LogP contribution in [0.25, 0.3) is 0 Å². The maximum absolute atomic E-state index is 6.17. The summed E-state index contributed by atoms with van der Waals surface area (Å²) in [5, 5.41) is 0. The molecule has 1 aliphatic heterocycles. The summed E-state index contributed by atoms with van der Waals surface area (Å²) in [4.78, 5) is 2.68. The van der Waals surface area contributed by atoms with Gasteiger partial charge in [-0.05, 0) is 56.2 Å². The van der Waals surface area contributed by atoms with Crippen LogP contribution in [0.5, 0.6) is 5.75 Å². The number of benzene rings is 1. The fourth-order valence-electron chi connectivity index (χ4n) is 3.42. The van der Waals surface area contributed by atoms with Crippen molar-refractivity contribution in [3.63, 3.8) is 0 Å². The van der Waals surface area contributed by atoms with E-state index < -0.39 is 0 Å². The monoisotopic (exact) mass is 287 g/mol. The quantitative estimate of drug-likeness (QED) is 0.767. The minimum Gasteiger partial charge on any atom is -0.490 e. The lowest BCUT2D eigenvalue weighted by atomic mass is 9.90. The molecule has 0 unspecified atom stereocenters. The Morgan fingerprint density at radius 1 is 1.05 bits per heavy atom. The highest BCUT2D eigenvalue weighted by Crippen LogP contribution is 2.28. The highest BCUT2D eigenvalue weighted by Gasteiger charge is 2.29. The van der Waals surface area contributed by atoms with Gasteiger partial charge in [-0.15, -0.1) is 0 Å². The number of aryl methyl sites for hydroxylation is 1. The molecule has 2 aliphatic rings. The molecule has 1 saturated heterocycles. The molecule has 0 N–H and O–H groups in total. The first-order valence-corrected chi connectivity index (χ1v) is 8.85. The average molecular weight is 287 g/mol. The van der Waals surface area contributed by atoms with Crippen molar-refractivity contribution < 1.29 is 4.74 Å². The lowest BCUT2D eigenvalue weighted by Crippen LogP contribution is -2.46. The van der Waals surface area contributed by atoms with Crippen LogP contribution in [-0.4, -0.2) is 30.1 Å². The van der Waals surface area contributed by atoms with E-state index in [0.717, 1.165) is 11.8 Å². The molecule has 0 bridgehead atoms. The number of rotatable bonds is 6. The molecule has 0 radical (unpaired) electrons. The van der Waals surface area contributed by atoms with Gasteiger partial charge in [0.2, 0.25) is 0 Å². The summed E-state index contributed by atoms with van der Waals surface area (Å²) in [5.41, 5.74) is 1.43. The molecule has 2 nitrogen and oxygen atoms in total. The summed E-state index contributed by atoms with van der Waals surface area (Å²) in [7, 11) is 0. The number of hydrogen-bond acceptors (Lipinski definition) is 2. The molecule has 0 atom stereocenters. The number of nitrogens with zero attached hydrogens (tertiary/aromatic N) is 1. The van der Waals surface area contributed by atoms with Gasteiger partial charge in [0.15, 0.2) is 0 Å². The highest BCUT2D eigenvalue weighted by molar-refractivity contribution is 5.27. The van der Waals surface area contributed by atoms with Gasteiger partial charge < -0.3 is 9.64 Å². The van der Waals surface area contributed by atoms with Crippen LogP contribution < -0.4 is 4.74 Å². The molecule has 1 aromatic carbocycles. The fourth-order valence-corrected chi connectivity index (χ4v) is 3.42. The maximum atomic E-state index is 6.17. The normalized spacial score (nSPS) is 21.2. The summed E-state index contributed by atoms with van der Waals surface area (Å²) in [6.07, 6.45) is 10.8. The van der Waals surface area contributed by atoms with Crippen molar-refractivity contribution >= 4 is 0 Å². The Labute approximate surface area is 129 Å². The molecular formula is C19H29NO. The first-order valence-electron chi connectivity index (χ1n) is 8.85. The van der Waals surface area contributed by atoms with Gasteiger partial charge in [0.25, 0.3) is 0 Å². The molecule has 0 amide bonds. The SMILES string of the molecule is CCCCc1ccc(OC2CCN(C3CCC3)CC2)cc1. The molecule has 0 spiro atoms. The van der Waals surface area contributed by atoms with Crippen LogP contribution in [0.1, 0.15) is 57.4 Å². The number of ether oxygens (including phenoxy) is 1. The lowest BCUT2D eigenvalue weighted by molar-refractivity contribution is 0.0493. The zero-order valence-corrected chi connectivity index (χ0v) is 13.4. The van der Waals surface area contributed by atoms with Crippen LogP contribution in [-0.2, 0) is 6.42 Å². The van der Waals surface area contributed by atoms with E-state index in [4.69, 9.17) is 4.74 Å². The van der Waals surface area contributed by atoms with E-state index in [1.807, 2.05) is 0 Å². The van der Waals surface area contributed by atoms with Crippen molar-refractivity contribution in [3.8, 4) is 5.75 Å². The standard InChI is InChI=1S/C19H29NO/c1-2-3-5-16-8-10-18(11-9-16)21-19-12-14-20(15-13-19)17-6-4-7-17/h8-11,17,19H,2-7,12-15H2,1H3. The molecule has 2 heteroatoms. The predicted octanol–water partition coefficient (Wildman–Crippen LogP) is 4.42. The van der Waals surface area contributed by atoms with Crippen molar-refractivity contribution in [1.82, 2.24) is 4.90 Å². The molecule has 1 saturated carbocycles. The van der Waals surface area contributed by atoms with Crippen LogP contribution >= 0.6 is 0 Å². The Morgan fingerprint density at radius 3 is 2.33 bits per heavy atom. The van der Waals surface area contributed by atoms with Gasteiger partial charge in [0.05, 0.1) is 0 Å². The predicted molar refractivity (Wildman–Crippen MR) is 87.9 cm³/mol. The van der Waals surface area contributed by atoms with Gasteiger partial charge in [0, 0.05) is 19.1 Å². The first kappa shape index (κ1) is 14.9. The van der Waals surface area contributed by atoms with Crippen LogP contribution in [0.15, 0.2) is 24.3 Å². The smallest absolute Gasteiger partial charge is 0.119 e. The number of piperidine rings is 1. The van der Waals surface area contributed by atoms with Crippen LogP contribution in [0.4, 0.5) is 0 Å². The van der Waals surface area contributed by atoms with Gasteiger partial charge in [0.1, 0.15) is 11.9 Å². The van der Waals surface area contributed by atoms with Crippen LogP contribution in [0.3, 0.4) is 0 Å². The first-order chi connectivity index (χ1) is 10.3. The van der Waals surface area contributed by atoms with E-state index in [1.165, 1.54) is 70.0 Å². The van der Waals surface area contributed by atoms with E-state index in [2.05, 4.69) is 36.1 Å². The Kier molecular flexibility index (Phi) is 5.18. The van der Waals surface area contributed by atoms with E-state index in [9.17, 15) is 0 Å². The molecule has 2 fully saturated rings. The van der Waals surface area contributed by atoms with Crippen LogP contribution in [0.2, 0.25) is 0 Å². The summed E-state index contributed by atoms with van der Waals surface area (Å²) < 4.78 is 6.17. The fraction of sp³-hybridized carbons (Fsp3) is 0.684. The summed E-state index contributed by atoms with van der Waals surface area (Å²) in [6.45, 7) is 4.70. The van der Waals surface area contributed by atoms with Crippen molar-refractivity contribution in [2.24, 2.45) is 0 Å². The van der Waals surface area contributed by atoms with Crippen molar-refractivity contribution in [2.45, 2.75) is 70.4 Å². The Balaban J connectivity index is 1.44. The van der Waals surface area contributed by atoms with Gasteiger partial charge in [-0.2, -0.15) is 0 Å². The molecule has 116 valence electrons. The van der Waals surface area contributed by atoms with E-state index in [1.54, 1.807) is 0 Å². The van der Waals surface area contributed by atoms with Crippen molar-refractivity contribution in [3.05, 3.63) is 29.8 Å². The largest absolute Gasteiger partial charge is 0.490 e. The topological polar surface area (TPSA) is 12.5 Å². The number of likely N-dealkylation sites (tertiary alicyclic amines) is 1. The van der Waals surface area contributed by atoms with Crippen molar-refractivity contribution in [1.29, 1.82) is 0 Å². The highest BCUT2D eigenvalue weighted by atomic mass is 16.5. The third-order valence-corrected chi connectivity index (χ3v) is 5.11. The molecule has 0 aromatic heterocycles. The number of unbranched alkanes of at least 4 members (excludes halogenated alkanes) is 1. The summed E-state index contributed by atoms with van der Waals surface area (Å²) in [6, 6.07) is 9.67. The Hall–Kier alpha value is -1.02. The third kappa shape index (κ3) is 4.00. The molecular weight excluding hydrogens is 258 g/mol. The summed E-state index contributed by atoms with van der Waals surface area (Å²) in [5.74, 6) is 1.05. The second kappa shape index (κ2) is 7.31. The van der Waals surface area contributed by atoms with E-state index in [0.29, 0.717) is 6.10 Å².